The molecule has 0 aliphatic heterocycles. The molecular weight excluding hydrogens is 340 g/mol. The first-order chi connectivity index (χ1) is 12.6. The molecule has 0 aromatic heterocycles. The highest BCUT2D eigenvalue weighted by molar-refractivity contribution is 8.00. The molecule has 1 atom stereocenters. The molecule has 1 aromatic rings. The summed E-state index contributed by atoms with van der Waals surface area (Å²) in [6, 6.07) is 5.33. The Morgan fingerprint density at radius 2 is 1.58 bits per heavy atom. The minimum Gasteiger partial charge on any atom is -0.507 e. The van der Waals surface area contributed by atoms with Crippen molar-refractivity contribution in [1.82, 2.24) is 0 Å². The second-order valence-electron chi connectivity index (χ2n) is 7.36. The molecule has 1 unspecified atom stereocenters. The summed E-state index contributed by atoms with van der Waals surface area (Å²) in [4.78, 5) is 13.0. The molecular formula is C23H38O2S. The zero-order valence-electron chi connectivity index (χ0n) is 17.1. The van der Waals surface area contributed by atoms with Crippen molar-refractivity contribution in [1.29, 1.82) is 0 Å². The fourth-order valence-electron chi connectivity index (χ4n) is 3.14. The van der Waals surface area contributed by atoms with Gasteiger partial charge in [0.25, 0.3) is 0 Å². The van der Waals surface area contributed by atoms with Crippen molar-refractivity contribution in [2.24, 2.45) is 0 Å². The Morgan fingerprint density at radius 3 is 2.23 bits per heavy atom. The molecule has 1 aromatic carbocycles. The van der Waals surface area contributed by atoms with Crippen LogP contribution in [-0.4, -0.2) is 21.9 Å². The molecule has 0 aliphatic rings. The Balaban J connectivity index is 2.50. The van der Waals surface area contributed by atoms with E-state index >= 15 is 0 Å². The van der Waals surface area contributed by atoms with E-state index in [0.29, 0.717) is 5.56 Å². The standard InChI is InChI=1S/C23H38O2S/c1-4-6-8-9-10-11-12-13-14-22(26-17-7-5-2)23(25)20-18-19(3)15-16-21(20)24/h15-16,18,22,24H,4-14,17H2,1-3H3. The van der Waals surface area contributed by atoms with Crippen LogP contribution in [0.2, 0.25) is 0 Å². The Bertz CT molecular complexity index is 513. The number of hydrogen-bond acceptors (Lipinski definition) is 3. The monoisotopic (exact) mass is 378 g/mol. The first kappa shape index (κ1) is 23.1. The number of phenols is 1. The van der Waals surface area contributed by atoms with Gasteiger partial charge in [-0.05, 0) is 37.7 Å². The molecule has 0 amide bonds. The van der Waals surface area contributed by atoms with Crippen LogP contribution in [0.3, 0.4) is 0 Å². The van der Waals surface area contributed by atoms with Gasteiger partial charge in [-0.15, -0.1) is 0 Å². The van der Waals surface area contributed by atoms with E-state index in [0.717, 1.165) is 37.0 Å². The predicted molar refractivity (Wildman–Crippen MR) is 116 cm³/mol. The van der Waals surface area contributed by atoms with Gasteiger partial charge in [0.15, 0.2) is 5.78 Å². The Morgan fingerprint density at radius 1 is 0.962 bits per heavy atom. The SMILES string of the molecule is CCCCCCCCCCC(SCCCC)C(=O)c1cc(C)ccc1O. The molecule has 0 saturated heterocycles. The lowest BCUT2D eigenvalue weighted by Gasteiger charge is -2.16. The third-order valence-corrected chi connectivity index (χ3v) is 6.22. The average molecular weight is 379 g/mol. The number of aromatic hydroxyl groups is 1. The van der Waals surface area contributed by atoms with Gasteiger partial charge in [0.05, 0.1) is 10.8 Å². The van der Waals surface area contributed by atoms with Crippen molar-refractivity contribution in [3.05, 3.63) is 29.3 Å². The van der Waals surface area contributed by atoms with E-state index in [1.165, 1.54) is 44.9 Å². The Kier molecular flexibility index (Phi) is 12.6. The summed E-state index contributed by atoms with van der Waals surface area (Å²) in [7, 11) is 0. The Labute approximate surface area is 165 Å². The molecule has 0 aliphatic carbocycles. The van der Waals surface area contributed by atoms with Gasteiger partial charge in [-0.2, -0.15) is 11.8 Å². The molecule has 0 saturated carbocycles. The van der Waals surface area contributed by atoms with Crippen LogP contribution in [0.25, 0.3) is 0 Å². The number of carbonyl (C=O) groups is 1. The van der Waals surface area contributed by atoms with Gasteiger partial charge < -0.3 is 5.11 Å². The third-order valence-electron chi connectivity index (χ3n) is 4.85. The number of hydrogen-bond donors (Lipinski definition) is 1. The van der Waals surface area contributed by atoms with Crippen molar-refractivity contribution < 1.29 is 9.90 Å². The lowest BCUT2D eigenvalue weighted by Crippen LogP contribution is -2.18. The van der Waals surface area contributed by atoms with Gasteiger partial charge in [0.1, 0.15) is 5.75 Å². The van der Waals surface area contributed by atoms with Crippen LogP contribution in [0.1, 0.15) is 100 Å². The normalized spacial score (nSPS) is 12.3. The summed E-state index contributed by atoms with van der Waals surface area (Å²) in [6.45, 7) is 6.40. The van der Waals surface area contributed by atoms with E-state index in [2.05, 4.69) is 13.8 Å². The summed E-state index contributed by atoms with van der Waals surface area (Å²) >= 11 is 1.78. The van der Waals surface area contributed by atoms with Crippen molar-refractivity contribution in [2.45, 2.75) is 96.7 Å². The van der Waals surface area contributed by atoms with Gasteiger partial charge in [0.2, 0.25) is 0 Å². The quantitative estimate of drug-likeness (QED) is 0.257. The number of aryl methyl sites for hydroxylation is 1. The number of benzene rings is 1. The summed E-state index contributed by atoms with van der Waals surface area (Å²) in [5.41, 5.74) is 1.52. The molecule has 1 rings (SSSR count). The fraction of sp³-hybridized carbons (Fsp3) is 0.696. The molecule has 0 radical (unpaired) electrons. The van der Waals surface area contributed by atoms with Crippen molar-refractivity contribution in [3.63, 3.8) is 0 Å². The molecule has 148 valence electrons. The maximum atomic E-state index is 13.0. The number of ketones is 1. The lowest BCUT2D eigenvalue weighted by atomic mass is 10.0. The summed E-state index contributed by atoms with van der Waals surface area (Å²) in [5.74, 6) is 1.25. The number of phenolic OH excluding ortho intramolecular Hbond substituents is 1. The second-order valence-corrected chi connectivity index (χ2v) is 8.67. The van der Waals surface area contributed by atoms with Gasteiger partial charge >= 0.3 is 0 Å². The predicted octanol–water partition coefficient (Wildman–Crippen LogP) is 7.32. The van der Waals surface area contributed by atoms with Crippen LogP contribution in [0.5, 0.6) is 5.75 Å². The number of unbranched alkanes of at least 4 members (excludes halogenated alkanes) is 8. The minimum absolute atomic E-state index is 0.0191. The Hall–Kier alpha value is -0.960. The van der Waals surface area contributed by atoms with Gasteiger partial charge in [0, 0.05) is 0 Å². The van der Waals surface area contributed by atoms with E-state index in [9.17, 15) is 9.90 Å². The van der Waals surface area contributed by atoms with Crippen LogP contribution < -0.4 is 0 Å². The van der Waals surface area contributed by atoms with Gasteiger partial charge in [-0.3, -0.25) is 4.79 Å². The molecule has 3 heteroatoms. The summed E-state index contributed by atoms with van der Waals surface area (Å²) in [5, 5.41) is 10.1. The number of carbonyl (C=O) groups excluding carboxylic acids is 1. The first-order valence-corrected chi connectivity index (χ1v) is 11.6. The number of rotatable bonds is 15. The number of thioether (sulfide) groups is 1. The van der Waals surface area contributed by atoms with Crippen molar-refractivity contribution >= 4 is 17.5 Å². The summed E-state index contributed by atoms with van der Waals surface area (Å²) < 4.78 is 0. The largest absolute Gasteiger partial charge is 0.507 e. The smallest absolute Gasteiger partial charge is 0.179 e. The third kappa shape index (κ3) is 9.12. The molecule has 0 spiro atoms. The molecule has 0 bridgehead atoms. The maximum absolute atomic E-state index is 13.0. The highest BCUT2D eigenvalue weighted by atomic mass is 32.2. The van der Waals surface area contributed by atoms with Crippen molar-refractivity contribution in [3.8, 4) is 5.75 Å². The molecule has 1 N–H and O–H groups in total. The maximum Gasteiger partial charge on any atom is 0.179 e. The van der Waals surface area contributed by atoms with Crippen LogP contribution in [0.15, 0.2) is 18.2 Å². The highest BCUT2D eigenvalue weighted by Gasteiger charge is 2.22. The molecule has 2 nitrogen and oxygen atoms in total. The molecule has 26 heavy (non-hydrogen) atoms. The number of Topliss-reactive ketones (excluding diaryl/α,β-unsaturated/α-hetero) is 1. The minimum atomic E-state index is -0.0191. The average Bonchev–Trinajstić information content (AvgIpc) is 2.64. The van der Waals surface area contributed by atoms with Crippen molar-refractivity contribution in [2.75, 3.05) is 5.75 Å². The van der Waals surface area contributed by atoms with E-state index in [-0.39, 0.29) is 16.8 Å². The van der Waals surface area contributed by atoms with Gasteiger partial charge in [-0.1, -0.05) is 83.3 Å². The summed E-state index contributed by atoms with van der Waals surface area (Å²) in [6.07, 6.45) is 13.5. The van der Waals surface area contributed by atoms with Gasteiger partial charge in [-0.25, -0.2) is 0 Å². The molecule has 0 heterocycles. The van der Waals surface area contributed by atoms with Crippen LogP contribution in [-0.2, 0) is 0 Å². The molecule has 0 fully saturated rings. The van der Waals surface area contributed by atoms with E-state index in [1.54, 1.807) is 17.8 Å². The fourth-order valence-corrected chi connectivity index (χ4v) is 4.50. The zero-order valence-corrected chi connectivity index (χ0v) is 17.9. The van der Waals surface area contributed by atoms with E-state index in [4.69, 9.17) is 0 Å². The van der Waals surface area contributed by atoms with Crippen LogP contribution >= 0.6 is 11.8 Å². The van der Waals surface area contributed by atoms with E-state index in [1.807, 2.05) is 19.1 Å². The van der Waals surface area contributed by atoms with Crippen LogP contribution in [0.4, 0.5) is 0 Å². The highest BCUT2D eigenvalue weighted by Crippen LogP contribution is 2.28. The first-order valence-electron chi connectivity index (χ1n) is 10.6. The topological polar surface area (TPSA) is 37.3 Å². The second kappa shape index (κ2) is 14.1. The van der Waals surface area contributed by atoms with E-state index < -0.39 is 0 Å². The lowest BCUT2D eigenvalue weighted by molar-refractivity contribution is 0.0983. The zero-order chi connectivity index (χ0) is 19.2. The van der Waals surface area contributed by atoms with Crippen LogP contribution in [0, 0.1) is 6.92 Å².